The molecule has 0 aliphatic carbocycles. The molecule has 0 spiro atoms. The smallest absolute Gasteiger partial charge is 0.249 e. The number of hydrogen-bond acceptors (Lipinski definition) is 3. The zero-order chi connectivity index (χ0) is 20.2. The standard InChI is InChI=1S/C24H22ClNO3/c25-19-10-11-22(27)21(14-19)24-20-9-5-4-8-18(20)12-13-26(24)23(28)16-29-15-17-6-2-1-3-7-17/h1-11,14,24,27H,12-13,15-16H2. The Bertz CT molecular complexity index is 1010. The van der Waals surface area contributed by atoms with Crippen LogP contribution in [-0.2, 0) is 22.6 Å². The molecule has 1 unspecified atom stereocenters. The fraction of sp³-hybridized carbons (Fsp3) is 0.208. The molecule has 0 aromatic heterocycles. The summed E-state index contributed by atoms with van der Waals surface area (Å²) in [6, 6.07) is 22.3. The summed E-state index contributed by atoms with van der Waals surface area (Å²) in [6.45, 7) is 0.917. The monoisotopic (exact) mass is 407 g/mol. The van der Waals surface area contributed by atoms with Gasteiger partial charge in [0.05, 0.1) is 12.6 Å². The largest absolute Gasteiger partial charge is 0.508 e. The van der Waals surface area contributed by atoms with Gasteiger partial charge in [0.15, 0.2) is 0 Å². The van der Waals surface area contributed by atoms with Crippen LogP contribution in [0.3, 0.4) is 0 Å². The molecule has 1 N–H and O–H groups in total. The fourth-order valence-corrected chi connectivity index (χ4v) is 4.01. The Kier molecular flexibility index (Phi) is 5.84. The van der Waals surface area contributed by atoms with Gasteiger partial charge < -0.3 is 14.7 Å². The summed E-state index contributed by atoms with van der Waals surface area (Å²) in [7, 11) is 0. The third kappa shape index (κ3) is 4.29. The lowest BCUT2D eigenvalue weighted by Crippen LogP contribution is -2.42. The average molecular weight is 408 g/mol. The molecule has 0 fully saturated rings. The molecule has 3 aromatic carbocycles. The molecule has 0 bridgehead atoms. The first kappa shape index (κ1) is 19.5. The van der Waals surface area contributed by atoms with Crippen molar-refractivity contribution < 1.29 is 14.6 Å². The number of benzene rings is 3. The minimum Gasteiger partial charge on any atom is -0.508 e. The van der Waals surface area contributed by atoms with E-state index in [0.29, 0.717) is 23.7 Å². The second-order valence-corrected chi connectivity index (χ2v) is 7.56. The molecule has 148 valence electrons. The molecular weight excluding hydrogens is 386 g/mol. The topological polar surface area (TPSA) is 49.8 Å². The highest BCUT2D eigenvalue weighted by Gasteiger charge is 2.33. The highest BCUT2D eigenvalue weighted by molar-refractivity contribution is 6.30. The van der Waals surface area contributed by atoms with Crippen molar-refractivity contribution in [1.82, 2.24) is 4.90 Å². The molecular formula is C24H22ClNO3. The van der Waals surface area contributed by atoms with Crippen LogP contribution in [0.25, 0.3) is 0 Å². The Morgan fingerprint density at radius 1 is 1.03 bits per heavy atom. The predicted molar refractivity (Wildman–Crippen MR) is 113 cm³/mol. The first-order valence-electron chi connectivity index (χ1n) is 9.61. The number of aromatic hydroxyl groups is 1. The number of carbonyl (C=O) groups is 1. The summed E-state index contributed by atoms with van der Waals surface area (Å²) in [5.41, 5.74) is 3.83. The molecule has 29 heavy (non-hydrogen) atoms. The van der Waals surface area contributed by atoms with E-state index in [0.717, 1.165) is 17.5 Å². The summed E-state index contributed by atoms with van der Waals surface area (Å²) in [5.74, 6) is 0.0129. The first-order valence-corrected chi connectivity index (χ1v) is 9.98. The maximum Gasteiger partial charge on any atom is 0.249 e. The van der Waals surface area contributed by atoms with E-state index in [4.69, 9.17) is 16.3 Å². The highest BCUT2D eigenvalue weighted by Crippen LogP contribution is 2.40. The second-order valence-electron chi connectivity index (χ2n) is 7.12. The number of ether oxygens (including phenoxy) is 1. The van der Waals surface area contributed by atoms with Crippen LogP contribution in [0.2, 0.25) is 5.02 Å². The zero-order valence-corrected chi connectivity index (χ0v) is 16.7. The number of phenolic OH excluding ortho intramolecular Hbond substituents is 1. The van der Waals surface area contributed by atoms with Crippen molar-refractivity contribution >= 4 is 17.5 Å². The van der Waals surface area contributed by atoms with Gasteiger partial charge in [0.1, 0.15) is 12.4 Å². The van der Waals surface area contributed by atoms with E-state index >= 15 is 0 Å². The number of carbonyl (C=O) groups excluding carboxylic acids is 1. The number of fused-ring (bicyclic) bond motifs is 1. The molecule has 4 nitrogen and oxygen atoms in total. The summed E-state index contributed by atoms with van der Waals surface area (Å²) < 4.78 is 5.68. The van der Waals surface area contributed by atoms with E-state index in [2.05, 4.69) is 6.07 Å². The molecule has 1 aliphatic heterocycles. The third-order valence-electron chi connectivity index (χ3n) is 5.23. The number of halogens is 1. The van der Waals surface area contributed by atoms with Crippen LogP contribution in [0.1, 0.15) is 28.3 Å². The Morgan fingerprint density at radius 2 is 1.79 bits per heavy atom. The molecule has 1 amide bonds. The number of hydrogen-bond donors (Lipinski definition) is 1. The van der Waals surface area contributed by atoms with Gasteiger partial charge in [0.25, 0.3) is 0 Å². The van der Waals surface area contributed by atoms with Crippen LogP contribution in [0, 0.1) is 0 Å². The molecule has 3 aromatic rings. The molecule has 0 saturated heterocycles. The van der Waals surface area contributed by atoms with E-state index in [1.807, 2.05) is 48.5 Å². The zero-order valence-electron chi connectivity index (χ0n) is 15.9. The van der Waals surface area contributed by atoms with Crippen LogP contribution in [0.5, 0.6) is 5.75 Å². The van der Waals surface area contributed by atoms with Crippen molar-refractivity contribution in [3.8, 4) is 5.75 Å². The number of rotatable bonds is 5. The number of nitrogens with zero attached hydrogens (tertiary/aromatic N) is 1. The second kappa shape index (κ2) is 8.68. The van der Waals surface area contributed by atoms with Crippen LogP contribution >= 0.6 is 11.6 Å². The van der Waals surface area contributed by atoms with E-state index in [-0.39, 0.29) is 18.3 Å². The van der Waals surface area contributed by atoms with E-state index in [9.17, 15) is 9.90 Å². The first-order chi connectivity index (χ1) is 14.1. The van der Waals surface area contributed by atoms with Crippen molar-refractivity contribution in [2.24, 2.45) is 0 Å². The van der Waals surface area contributed by atoms with E-state index in [1.165, 1.54) is 5.56 Å². The summed E-state index contributed by atoms with van der Waals surface area (Å²) in [6.07, 6.45) is 0.762. The third-order valence-corrected chi connectivity index (χ3v) is 5.46. The van der Waals surface area contributed by atoms with E-state index in [1.54, 1.807) is 23.1 Å². The van der Waals surface area contributed by atoms with Gasteiger partial charge in [-0.2, -0.15) is 0 Å². The quantitative estimate of drug-likeness (QED) is 0.664. The Labute approximate surface area is 175 Å². The summed E-state index contributed by atoms with van der Waals surface area (Å²) >= 11 is 6.20. The minimum atomic E-state index is -0.397. The van der Waals surface area contributed by atoms with Gasteiger partial charge in [-0.05, 0) is 41.3 Å². The van der Waals surface area contributed by atoms with Crippen LogP contribution < -0.4 is 0 Å². The van der Waals surface area contributed by atoms with Gasteiger partial charge in [-0.25, -0.2) is 0 Å². The molecule has 4 rings (SSSR count). The van der Waals surface area contributed by atoms with Crippen LogP contribution in [-0.4, -0.2) is 29.1 Å². The van der Waals surface area contributed by atoms with Crippen molar-refractivity contribution in [2.45, 2.75) is 19.1 Å². The molecule has 1 aliphatic rings. The fourth-order valence-electron chi connectivity index (χ4n) is 3.83. The van der Waals surface area contributed by atoms with Gasteiger partial charge in [-0.1, -0.05) is 66.2 Å². The van der Waals surface area contributed by atoms with Crippen LogP contribution in [0.4, 0.5) is 0 Å². The van der Waals surface area contributed by atoms with Crippen molar-refractivity contribution in [2.75, 3.05) is 13.2 Å². The Balaban J connectivity index is 1.59. The van der Waals surface area contributed by atoms with E-state index < -0.39 is 6.04 Å². The van der Waals surface area contributed by atoms with Crippen molar-refractivity contribution in [3.63, 3.8) is 0 Å². The molecule has 1 atom stereocenters. The van der Waals surface area contributed by atoms with Gasteiger partial charge in [0, 0.05) is 17.1 Å². The highest BCUT2D eigenvalue weighted by atomic mass is 35.5. The lowest BCUT2D eigenvalue weighted by Gasteiger charge is -2.38. The summed E-state index contributed by atoms with van der Waals surface area (Å²) in [5, 5.41) is 11.0. The minimum absolute atomic E-state index is 0.0190. The number of amides is 1. The van der Waals surface area contributed by atoms with Gasteiger partial charge in [-0.15, -0.1) is 0 Å². The molecule has 1 heterocycles. The predicted octanol–water partition coefficient (Wildman–Crippen LogP) is 4.74. The maximum atomic E-state index is 13.1. The normalized spacial score (nSPS) is 15.8. The molecule has 0 saturated carbocycles. The Hall–Kier alpha value is -2.82. The van der Waals surface area contributed by atoms with Crippen molar-refractivity contribution in [1.29, 1.82) is 0 Å². The molecule has 5 heteroatoms. The van der Waals surface area contributed by atoms with Gasteiger partial charge in [0.2, 0.25) is 5.91 Å². The lowest BCUT2D eigenvalue weighted by atomic mass is 9.87. The Morgan fingerprint density at radius 3 is 2.62 bits per heavy atom. The maximum absolute atomic E-state index is 13.1. The lowest BCUT2D eigenvalue weighted by molar-refractivity contribution is -0.138. The van der Waals surface area contributed by atoms with Gasteiger partial charge >= 0.3 is 0 Å². The summed E-state index contributed by atoms with van der Waals surface area (Å²) in [4.78, 5) is 14.8. The van der Waals surface area contributed by atoms with Gasteiger partial charge in [-0.3, -0.25) is 4.79 Å². The average Bonchev–Trinajstić information content (AvgIpc) is 2.75. The SMILES string of the molecule is O=C(COCc1ccccc1)N1CCc2ccccc2C1c1cc(Cl)ccc1O. The van der Waals surface area contributed by atoms with Crippen molar-refractivity contribution in [3.05, 3.63) is 100 Å². The van der Waals surface area contributed by atoms with Crippen LogP contribution in [0.15, 0.2) is 72.8 Å². The number of phenols is 1. The molecule has 0 radical (unpaired) electrons.